The Morgan fingerprint density at radius 1 is 1.53 bits per heavy atom. The van der Waals surface area contributed by atoms with Gasteiger partial charge >= 0.3 is 0 Å². The number of nitrogens with zero attached hydrogens (tertiary/aromatic N) is 2. The van der Waals surface area contributed by atoms with Gasteiger partial charge in [-0.05, 0) is 24.7 Å². The molecule has 5 nitrogen and oxygen atoms in total. The summed E-state index contributed by atoms with van der Waals surface area (Å²) in [5.74, 6) is 0.610. The smallest absolute Gasteiger partial charge is 0.221 e. The molecule has 1 N–H and O–H groups in total. The van der Waals surface area contributed by atoms with E-state index in [9.17, 15) is 4.79 Å². The Labute approximate surface area is 113 Å². The molecule has 0 saturated carbocycles. The highest BCUT2D eigenvalue weighted by Gasteiger charge is 2.07. The van der Waals surface area contributed by atoms with Crippen molar-refractivity contribution < 1.29 is 9.53 Å². The van der Waals surface area contributed by atoms with E-state index in [0.717, 1.165) is 5.56 Å². The summed E-state index contributed by atoms with van der Waals surface area (Å²) in [6, 6.07) is 7.65. The minimum Gasteiger partial charge on any atom is -0.495 e. The average Bonchev–Trinajstić information content (AvgIpc) is 2.44. The molecule has 0 bridgehead atoms. The van der Waals surface area contributed by atoms with Gasteiger partial charge in [0.25, 0.3) is 0 Å². The molecule has 0 unspecified atom stereocenters. The number of amides is 1. The van der Waals surface area contributed by atoms with Crippen LogP contribution in [0.15, 0.2) is 18.2 Å². The number of hydrogen-bond donors (Lipinski definition) is 1. The van der Waals surface area contributed by atoms with Gasteiger partial charge in [0.1, 0.15) is 11.8 Å². The Morgan fingerprint density at radius 2 is 2.26 bits per heavy atom. The highest BCUT2D eigenvalue weighted by molar-refractivity contribution is 5.75. The van der Waals surface area contributed by atoms with Crippen molar-refractivity contribution in [1.82, 2.24) is 10.2 Å². The third-order valence-electron chi connectivity index (χ3n) is 2.84. The van der Waals surface area contributed by atoms with Gasteiger partial charge in [0, 0.05) is 26.6 Å². The van der Waals surface area contributed by atoms with E-state index in [1.54, 1.807) is 20.2 Å². The first kappa shape index (κ1) is 15.0. The minimum absolute atomic E-state index is 0.0271. The van der Waals surface area contributed by atoms with E-state index in [-0.39, 0.29) is 5.91 Å². The van der Waals surface area contributed by atoms with E-state index in [1.807, 2.05) is 24.1 Å². The normalized spacial score (nSPS) is 10.1. The summed E-state index contributed by atoms with van der Waals surface area (Å²) in [5.41, 5.74) is 1.55. The summed E-state index contributed by atoms with van der Waals surface area (Å²) in [4.78, 5) is 13.2. The fraction of sp³-hybridized carbons (Fsp3) is 0.429. The quantitative estimate of drug-likeness (QED) is 0.834. The van der Waals surface area contributed by atoms with Crippen LogP contribution < -0.4 is 10.1 Å². The molecule has 0 aromatic heterocycles. The van der Waals surface area contributed by atoms with Crippen molar-refractivity contribution in [2.45, 2.75) is 13.0 Å². The lowest BCUT2D eigenvalue weighted by Crippen LogP contribution is -2.26. The Bertz CT molecular complexity index is 480. The predicted octanol–water partition coefficient (Wildman–Crippen LogP) is 1.13. The summed E-state index contributed by atoms with van der Waals surface area (Å²) in [6.07, 6.45) is 0.467. The van der Waals surface area contributed by atoms with Crippen molar-refractivity contribution in [2.75, 3.05) is 27.7 Å². The second-order valence-corrected chi connectivity index (χ2v) is 4.31. The first-order valence-corrected chi connectivity index (χ1v) is 6.06. The fourth-order valence-electron chi connectivity index (χ4n) is 1.75. The van der Waals surface area contributed by atoms with Crippen LogP contribution in [0.5, 0.6) is 5.75 Å². The van der Waals surface area contributed by atoms with Crippen LogP contribution in [0.25, 0.3) is 0 Å². The minimum atomic E-state index is 0.0271. The zero-order valence-corrected chi connectivity index (χ0v) is 11.6. The number of carbonyl (C=O) groups is 1. The molecule has 0 aliphatic heterocycles. The number of ether oxygens (including phenoxy) is 1. The van der Waals surface area contributed by atoms with Crippen molar-refractivity contribution in [2.24, 2.45) is 0 Å². The number of hydrogen-bond acceptors (Lipinski definition) is 4. The molecule has 1 amide bonds. The van der Waals surface area contributed by atoms with Crippen LogP contribution in [0.2, 0.25) is 0 Å². The van der Waals surface area contributed by atoms with Gasteiger partial charge in [-0.3, -0.25) is 4.79 Å². The van der Waals surface area contributed by atoms with Crippen molar-refractivity contribution in [3.63, 3.8) is 0 Å². The molecule has 0 radical (unpaired) electrons. The molecule has 102 valence electrons. The lowest BCUT2D eigenvalue weighted by molar-refractivity contribution is -0.120. The largest absolute Gasteiger partial charge is 0.495 e. The van der Waals surface area contributed by atoms with Crippen molar-refractivity contribution >= 4 is 5.91 Å². The fourth-order valence-corrected chi connectivity index (χ4v) is 1.75. The standard InChI is InChI=1S/C14H19N3O2/c1-16-14(18)6-7-17(2)10-11-4-5-13(19-3)12(8-11)9-15/h4-5,8H,6-7,10H2,1-3H3,(H,16,18). The Balaban J connectivity index is 2.62. The Kier molecular flexibility index (Phi) is 5.83. The van der Waals surface area contributed by atoms with Crippen LogP contribution in [0.1, 0.15) is 17.5 Å². The molecular formula is C14H19N3O2. The maximum atomic E-state index is 11.2. The summed E-state index contributed by atoms with van der Waals surface area (Å²) >= 11 is 0. The molecular weight excluding hydrogens is 242 g/mol. The second kappa shape index (κ2) is 7.39. The first-order chi connectivity index (χ1) is 9.10. The number of methoxy groups -OCH3 is 1. The second-order valence-electron chi connectivity index (χ2n) is 4.31. The lowest BCUT2D eigenvalue weighted by Gasteiger charge is -2.16. The molecule has 0 aliphatic carbocycles. The van der Waals surface area contributed by atoms with E-state index in [4.69, 9.17) is 10.00 Å². The van der Waals surface area contributed by atoms with Crippen molar-refractivity contribution in [1.29, 1.82) is 5.26 Å². The third kappa shape index (κ3) is 4.60. The van der Waals surface area contributed by atoms with Gasteiger partial charge in [0.15, 0.2) is 0 Å². The molecule has 5 heteroatoms. The van der Waals surface area contributed by atoms with Gasteiger partial charge in [-0.25, -0.2) is 0 Å². The van der Waals surface area contributed by atoms with Crippen LogP contribution >= 0.6 is 0 Å². The highest BCUT2D eigenvalue weighted by Crippen LogP contribution is 2.19. The van der Waals surface area contributed by atoms with Crippen LogP contribution in [0.3, 0.4) is 0 Å². The van der Waals surface area contributed by atoms with E-state index < -0.39 is 0 Å². The number of rotatable bonds is 6. The van der Waals surface area contributed by atoms with Gasteiger partial charge in [0.2, 0.25) is 5.91 Å². The highest BCUT2D eigenvalue weighted by atomic mass is 16.5. The molecule has 1 rings (SSSR count). The van der Waals surface area contributed by atoms with Crippen molar-refractivity contribution in [3.8, 4) is 11.8 Å². The molecule has 0 saturated heterocycles. The summed E-state index contributed by atoms with van der Waals surface area (Å²) < 4.78 is 5.10. The number of benzene rings is 1. The number of nitriles is 1. The number of carbonyl (C=O) groups excluding carboxylic acids is 1. The monoisotopic (exact) mass is 261 g/mol. The lowest BCUT2D eigenvalue weighted by atomic mass is 10.1. The molecule has 0 aliphatic rings. The summed E-state index contributed by atoms with van der Waals surface area (Å²) in [5, 5.41) is 11.6. The van der Waals surface area contributed by atoms with E-state index in [0.29, 0.717) is 30.8 Å². The average molecular weight is 261 g/mol. The topological polar surface area (TPSA) is 65.4 Å². The molecule has 1 aromatic rings. The molecule has 0 heterocycles. The number of nitrogens with one attached hydrogen (secondary N) is 1. The molecule has 0 fully saturated rings. The van der Waals surface area contributed by atoms with Crippen LogP contribution in [-0.2, 0) is 11.3 Å². The van der Waals surface area contributed by atoms with E-state index >= 15 is 0 Å². The van der Waals surface area contributed by atoms with Gasteiger partial charge < -0.3 is 15.0 Å². The zero-order valence-electron chi connectivity index (χ0n) is 11.6. The molecule has 19 heavy (non-hydrogen) atoms. The Morgan fingerprint density at radius 3 is 2.84 bits per heavy atom. The van der Waals surface area contributed by atoms with Crippen LogP contribution in [-0.4, -0.2) is 38.6 Å². The van der Waals surface area contributed by atoms with Gasteiger partial charge in [-0.1, -0.05) is 6.07 Å². The molecule has 1 aromatic carbocycles. The van der Waals surface area contributed by atoms with Crippen molar-refractivity contribution in [3.05, 3.63) is 29.3 Å². The molecule has 0 spiro atoms. The third-order valence-corrected chi connectivity index (χ3v) is 2.84. The van der Waals surface area contributed by atoms with Gasteiger partial charge in [-0.2, -0.15) is 5.26 Å². The van der Waals surface area contributed by atoms with Crippen LogP contribution in [0, 0.1) is 11.3 Å². The zero-order chi connectivity index (χ0) is 14.3. The Hall–Kier alpha value is -2.06. The summed E-state index contributed by atoms with van der Waals surface area (Å²) in [6.45, 7) is 1.36. The maximum absolute atomic E-state index is 11.2. The summed E-state index contributed by atoms with van der Waals surface area (Å²) in [7, 11) is 5.12. The van der Waals surface area contributed by atoms with Crippen LogP contribution in [0.4, 0.5) is 0 Å². The maximum Gasteiger partial charge on any atom is 0.221 e. The van der Waals surface area contributed by atoms with Gasteiger partial charge in [-0.15, -0.1) is 0 Å². The predicted molar refractivity (Wildman–Crippen MR) is 72.7 cm³/mol. The van der Waals surface area contributed by atoms with Gasteiger partial charge in [0.05, 0.1) is 12.7 Å². The SMILES string of the molecule is CNC(=O)CCN(C)Cc1ccc(OC)c(C#N)c1. The molecule has 0 atom stereocenters. The first-order valence-electron chi connectivity index (χ1n) is 6.06. The van der Waals surface area contributed by atoms with E-state index in [2.05, 4.69) is 11.4 Å². The van der Waals surface area contributed by atoms with E-state index in [1.165, 1.54) is 0 Å².